The van der Waals surface area contributed by atoms with Crippen molar-refractivity contribution in [1.82, 2.24) is 10.1 Å². The van der Waals surface area contributed by atoms with Gasteiger partial charge in [0.2, 0.25) is 11.7 Å². The Balaban J connectivity index is 2.40. The minimum atomic E-state index is -0.733. The van der Waals surface area contributed by atoms with Crippen molar-refractivity contribution in [3.63, 3.8) is 0 Å². The molecule has 1 atom stereocenters. The van der Waals surface area contributed by atoms with E-state index in [0.717, 1.165) is 0 Å². The lowest BCUT2D eigenvalue weighted by molar-refractivity contribution is 0.237. The van der Waals surface area contributed by atoms with Crippen LogP contribution in [-0.2, 0) is 0 Å². The molecule has 0 bridgehead atoms. The van der Waals surface area contributed by atoms with E-state index in [-0.39, 0.29) is 18.3 Å². The van der Waals surface area contributed by atoms with Crippen LogP contribution in [0.3, 0.4) is 0 Å². The van der Waals surface area contributed by atoms with Crippen molar-refractivity contribution in [2.24, 2.45) is 5.73 Å². The molecule has 1 heterocycles. The lowest BCUT2D eigenvalue weighted by Gasteiger charge is -1.99. The first-order valence-electron chi connectivity index (χ1n) is 4.77. The van der Waals surface area contributed by atoms with E-state index in [4.69, 9.17) is 15.4 Å². The summed E-state index contributed by atoms with van der Waals surface area (Å²) in [6, 6.07) is 3.41. The first kappa shape index (κ1) is 12.2. The minimum Gasteiger partial charge on any atom is -0.394 e. The lowest BCUT2D eigenvalue weighted by Crippen LogP contribution is -2.14. The summed E-state index contributed by atoms with van der Waals surface area (Å²) in [6.45, 7) is -0.300. The van der Waals surface area contributed by atoms with Crippen molar-refractivity contribution in [3.8, 4) is 11.4 Å². The molecule has 2 aromatic rings. The molecule has 7 heteroatoms. The maximum atomic E-state index is 13.1. The monoisotopic (exact) mass is 301 g/mol. The van der Waals surface area contributed by atoms with E-state index in [9.17, 15) is 4.39 Å². The summed E-state index contributed by atoms with van der Waals surface area (Å²) in [4.78, 5) is 3.99. The molecule has 1 unspecified atom stereocenters. The van der Waals surface area contributed by atoms with Crippen LogP contribution < -0.4 is 5.73 Å². The highest BCUT2D eigenvalue weighted by molar-refractivity contribution is 9.10. The topological polar surface area (TPSA) is 85.2 Å². The molecule has 0 saturated carbocycles. The number of aliphatic hydroxyl groups excluding tert-OH is 1. The zero-order valence-electron chi connectivity index (χ0n) is 8.60. The molecule has 5 nitrogen and oxygen atoms in total. The summed E-state index contributed by atoms with van der Waals surface area (Å²) in [6.07, 6.45) is 0. The number of nitrogens with two attached hydrogens (primary N) is 1. The van der Waals surface area contributed by atoms with Crippen molar-refractivity contribution >= 4 is 15.9 Å². The predicted molar refractivity (Wildman–Crippen MR) is 61.4 cm³/mol. The van der Waals surface area contributed by atoms with Crippen LogP contribution in [0, 0.1) is 5.82 Å². The van der Waals surface area contributed by atoms with Crippen LogP contribution >= 0.6 is 15.9 Å². The molecule has 0 saturated heterocycles. The Hall–Kier alpha value is -1.31. The Bertz CT molecular complexity index is 532. The lowest BCUT2D eigenvalue weighted by atomic mass is 10.2. The minimum absolute atomic E-state index is 0.110. The average molecular weight is 302 g/mol. The maximum Gasteiger partial charge on any atom is 0.246 e. The first-order chi connectivity index (χ1) is 8.11. The molecule has 1 aromatic heterocycles. The van der Waals surface area contributed by atoms with Crippen molar-refractivity contribution in [2.75, 3.05) is 6.61 Å². The number of hydrogen-bond acceptors (Lipinski definition) is 5. The molecule has 0 spiro atoms. The van der Waals surface area contributed by atoms with Crippen LogP contribution in [0.5, 0.6) is 0 Å². The van der Waals surface area contributed by atoms with Gasteiger partial charge in [-0.05, 0) is 18.2 Å². The fourth-order valence-corrected chi connectivity index (χ4v) is 1.67. The van der Waals surface area contributed by atoms with Crippen LogP contribution in [0.15, 0.2) is 27.2 Å². The van der Waals surface area contributed by atoms with Crippen LogP contribution in [0.25, 0.3) is 11.4 Å². The second-order valence-corrected chi connectivity index (χ2v) is 4.22. The largest absolute Gasteiger partial charge is 0.394 e. The Morgan fingerprint density at radius 1 is 1.53 bits per heavy atom. The van der Waals surface area contributed by atoms with Crippen LogP contribution in [0.2, 0.25) is 0 Å². The second-order valence-electron chi connectivity index (χ2n) is 3.37. The van der Waals surface area contributed by atoms with Gasteiger partial charge in [-0.1, -0.05) is 21.1 Å². The third kappa shape index (κ3) is 2.51. The van der Waals surface area contributed by atoms with E-state index < -0.39 is 11.9 Å². The van der Waals surface area contributed by atoms with Crippen LogP contribution in [0.4, 0.5) is 4.39 Å². The summed E-state index contributed by atoms with van der Waals surface area (Å²) in [5.41, 5.74) is 5.98. The molecule has 0 fully saturated rings. The van der Waals surface area contributed by atoms with Gasteiger partial charge >= 0.3 is 0 Å². The number of halogens is 2. The Morgan fingerprint density at radius 2 is 2.29 bits per heavy atom. The van der Waals surface area contributed by atoms with E-state index in [0.29, 0.717) is 10.0 Å². The third-order valence-corrected chi connectivity index (χ3v) is 2.82. The second kappa shape index (κ2) is 4.91. The van der Waals surface area contributed by atoms with Crippen LogP contribution in [-0.4, -0.2) is 21.9 Å². The zero-order valence-corrected chi connectivity index (χ0v) is 10.2. The standard InChI is InChI=1S/C10H9BrFN3O2/c11-7-2-1-5(12)3-6(7)9-14-10(17-15-9)8(13)4-16/h1-3,8,16H,4,13H2. The normalized spacial score (nSPS) is 12.7. The summed E-state index contributed by atoms with van der Waals surface area (Å²) < 4.78 is 18.6. The Kier molecular flexibility index (Phi) is 3.51. The molecule has 0 aliphatic heterocycles. The molecule has 0 aliphatic rings. The van der Waals surface area contributed by atoms with Gasteiger partial charge in [0.25, 0.3) is 0 Å². The van der Waals surface area contributed by atoms with Gasteiger partial charge in [0.15, 0.2) is 0 Å². The number of rotatable bonds is 3. The quantitative estimate of drug-likeness (QED) is 0.900. The fraction of sp³-hybridized carbons (Fsp3) is 0.200. The van der Waals surface area contributed by atoms with Crippen molar-refractivity contribution < 1.29 is 14.0 Å². The Labute approximate surface area is 105 Å². The van der Waals surface area contributed by atoms with Crippen molar-refractivity contribution in [3.05, 3.63) is 34.4 Å². The van der Waals surface area contributed by atoms with Gasteiger partial charge in [0.1, 0.15) is 11.9 Å². The number of hydrogen-bond donors (Lipinski definition) is 2. The van der Waals surface area contributed by atoms with E-state index in [1.807, 2.05) is 0 Å². The highest BCUT2D eigenvalue weighted by Crippen LogP contribution is 2.27. The van der Waals surface area contributed by atoms with Gasteiger partial charge in [-0.3, -0.25) is 0 Å². The fourth-order valence-electron chi connectivity index (χ4n) is 1.24. The van der Waals surface area contributed by atoms with E-state index in [1.54, 1.807) is 6.07 Å². The molecule has 2 rings (SSSR count). The number of benzene rings is 1. The first-order valence-corrected chi connectivity index (χ1v) is 5.56. The third-order valence-electron chi connectivity index (χ3n) is 2.12. The van der Waals surface area contributed by atoms with Crippen molar-refractivity contribution in [1.29, 1.82) is 0 Å². The summed E-state index contributed by atoms with van der Waals surface area (Å²) >= 11 is 3.26. The molecule has 0 radical (unpaired) electrons. The smallest absolute Gasteiger partial charge is 0.246 e. The Morgan fingerprint density at radius 3 is 3.00 bits per heavy atom. The molecular formula is C10H9BrFN3O2. The zero-order chi connectivity index (χ0) is 12.4. The van der Waals surface area contributed by atoms with Crippen molar-refractivity contribution in [2.45, 2.75) is 6.04 Å². The highest BCUT2D eigenvalue weighted by Gasteiger charge is 2.16. The molecule has 0 aliphatic carbocycles. The summed E-state index contributed by atoms with van der Waals surface area (Å²) in [7, 11) is 0. The van der Waals surface area contributed by atoms with Gasteiger partial charge in [-0.2, -0.15) is 4.98 Å². The van der Waals surface area contributed by atoms with E-state index in [1.165, 1.54) is 12.1 Å². The number of nitrogens with zero attached hydrogens (tertiary/aromatic N) is 2. The summed E-state index contributed by atoms with van der Waals surface area (Å²) in [5, 5.41) is 12.5. The molecule has 3 N–H and O–H groups in total. The van der Waals surface area contributed by atoms with Gasteiger partial charge in [0.05, 0.1) is 6.61 Å². The molecular weight excluding hydrogens is 293 g/mol. The van der Waals surface area contributed by atoms with Gasteiger partial charge in [0, 0.05) is 10.0 Å². The highest BCUT2D eigenvalue weighted by atomic mass is 79.9. The molecule has 0 amide bonds. The number of aliphatic hydroxyl groups is 1. The van der Waals surface area contributed by atoms with E-state index >= 15 is 0 Å². The van der Waals surface area contributed by atoms with E-state index in [2.05, 4.69) is 26.1 Å². The predicted octanol–water partition coefficient (Wildman–Crippen LogP) is 1.63. The van der Waals surface area contributed by atoms with Crippen LogP contribution in [0.1, 0.15) is 11.9 Å². The van der Waals surface area contributed by atoms with Gasteiger partial charge in [-0.15, -0.1) is 0 Å². The molecule has 90 valence electrons. The van der Waals surface area contributed by atoms with Gasteiger partial charge in [-0.25, -0.2) is 4.39 Å². The SMILES string of the molecule is NC(CO)c1nc(-c2cc(F)ccc2Br)no1. The molecule has 1 aromatic carbocycles. The van der Waals surface area contributed by atoms with Gasteiger partial charge < -0.3 is 15.4 Å². The number of aromatic nitrogens is 2. The molecule has 17 heavy (non-hydrogen) atoms. The summed E-state index contributed by atoms with van der Waals surface area (Å²) in [5.74, 6) is -0.0741. The maximum absolute atomic E-state index is 13.1. The average Bonchev–Trinajstić information content (AvgIpc) is 2.80.